The van der Waals surface area contributed by atoms with Crippen LogP contribution in [0, 0.1) is 11.8 Å². The molecule has 0 radical (unpaired) electrons. The van der Waals surface area contributed by atoms with Crippen LogP contribution in [0.2, 0.25) is 0 Å². The number of aliphatic hydroxyl groups excluding tert-OH is 1. The Labute approximate surface area is 127 Å². The van der Waals surface area contributed by atoms with Crippen LogP contribution in [0.5, 0.6) is 0 Å². The lowest BCUT2D eigenvalue weighted by Gasteiger charge is -2.09. The number of carbonyl (C=O) groups is 1. The smallest absolute Gasteiger partial charge is 0.257 e. The van der Waals surface area contributed by atoms with Gasteiger partial charge in [0.05, 0.1) is 11.3 Å². The van der Waals surface area contributed by atoms with Crippen LogP contribution in [-0.2, 0) is 0 Å². The number of rotatable bonds is 3. The third kappa shape index (κ3) is 4.09. The molecule has 1 heterocycles. The zero-order valence-electron chi connectivity index (χ0n) is 11.5. The fourth-order valence-corrected chi connectivity index (χ4v) is 2.27. The highest BCUT2D eigenvalue weighted by Gasteiger charge is 2.09. The lowest BCUT2D eigenvalue weighted by molar-refractivity contribution is 0.102. The maximum Gasteiger partial charge on any atom is 0.257 e. The van der Waals surface area contributed by atoms with E-state index in [1.165, 1.54) is 6.20 Å². The minimum absolute atomic E-state index is 0.225. The molecule has 106 valence electrons. The summed E-state index contributed by atoms with van der Waals surface area (Å²) in [6.07, 6.45) is 4.99. The van der Waals surface area contributed by atoms with E-state index in [1.807, 2.05) is 30.5 Å². The van der Waals surface area contributed by atoms with Gasteiger partial charge in [0.15, 0.2) is 0 Å². The van der Waals surface area contributed by atoms with Crippen LogP contribution < -0.4 is 5.32 Å². The van der Waals surface area contributed by atoms with Crippen molar-refractivity contribution in [2.45, 2.75) is 4.90 Å². The lowest BCUT2D eigenvalue weighted by atomic mass is 10.2. The number of amides is 1. The van der Waals surface area contributed by atoms with Crippen LogP contribution >= 0.6 is 11.8 Å². The van der Waals surface area contributed by atoms with E-state index >= 15 is 0 Å². The summed E-state index contributed by atoms with van der Waals surface area (Å²) >= 11 is 1.57. The van der Waals surface area contributed by atoms with Crippen LogP contribution in [-0.4, -0.2) is 28.9 Å². The number of para-hydroxylation sites is 1. The molecular weight excluding hydrogens is 284 g/mol. The van der Waals surface area contributed by atoms with Crippen molar-refractivity contribution < 1.29 is 9.90 Å². The van der Waals surface area contributed by atoms with Crippen molar-refractivity contribution in [3.05, 3.63) is 53.9 Å². The van der Waals surface area contributed by atoms with Crippen molar-refractivity contribution in [3.63, 3.8) is 0 Å². The number of pyridine rings is 1. The predicted molar refractivity (Wildman–Crippen MR) is 84.4 cm³/mol. The molecule has 0 spiro atoms. The number of nitrogens with zero attached hydrogens (tertiary/aromatic N) is 1. The number of hydrogen-bond donors (Lipinski definition) is 2. The van der Waals surface area contributed by atoms with Gasteiger partial charge in [-0.2, -0.15) is 0 Å². The molecule has 2 rings (SSSR count). The topological polar surface area (TPSA) is 62.2 Å². The highest BCUT2D eigenvalue weighted by molar-refractivity contribution is 7.98. The minimum atomic E-state index is -0.239. The van der Waals surface area contributed by atoms with E-state index < -0.39 is 0 Å². The molecule has 0 unspecified atom stereocenters. The summed E-state index contributed by atoms with van der Waals surface area (Å²) in [5, 5.41) is 11.5. The Hall–Kier alpha value is -2.29. The van der Waals surface area contributed by atoms with E-state index in [-0.39, 0.29) is 12.5 Å². The van der Waals surface area contributed by atoms with Gasteiger partial charge in [0.2, 0.25) is 0 Å². The molecule has 0 aliphatic heterocycles. The first-order chi connectivity index (χ1) is 10.2. The second kappa shape index (κ2) is 7.48. The standard InChI is InChI=1S/C16H14N2O2S/c1-21-15-7-3-2-6-14(15)18-16(20)13-9-12(5-4-8-19)10-17-11-13/h2-3,6-7,9-11,19H,8H2,1H3,(H,18,20). The molecule has 4 nitrogen and oxygen atoms in total. The zero-order chi connectivity index (χ0) is 15.1. The molecule has 0 saturated heterocycles. The van der Waals surface area contributed by atoms with Gasteiger partial charge in [-0.05, 0) is 24.5 Å². The molecule has 1 aromatic heterocycles. The molecule has 21 heavy (non-hydrogen) atoms. The van der Waals surface area contributed by atoms with Crippen molar-refractivity contribution in [1.82, 2.24) is 4.98 Å². The second-order valence-electron chi connectivity index (χ2n) is 4.08. The number of thioether (sulfide) groups is 1. The first kappa shape index (κ1) is 15.1. The number of hydrogen-bond acceptors (Lipinski definition) is 4. The molecule has 0 saturated carbocycles. The predicted octanol–water partition coefficient (Wildman–Crippen LogP) is 2.40. The first-order valence-corrected chi connectivity index (χ1v) is 7.46. The molecule has 2 aromatic rings. The van der Waals surface area contributed by atoms with Crippen molar-refractivity contribution in [3.8, 4) is 11.8 Å². The SMILES string of the molecule is CSc1ccccc1NC(=O)c1cncc(C#CCO)c1. The Kier molecular flexibility index (Phi) is 5.38. The summed E-state index contributed by atoms with van der Waals surface area (Å²) in [6, 6.07) is 9.24. The molecule has 1 amide bonds. The van der Waals surface area contributed by atoms with Gasteiger partial charge in [0, 0.05) is 22.9 Å². The summed E-state index contributed by atoms with van der Waals surface area (Å²) in [5.41, 5.74) is 1.78. The molecule has 0 bridgehead atoms. The van der Waals surface area contributed by atoms with Crippen LogP contribution in [0.3, 0.4) is 0 Å². The van der Waals surface area contributed by atoms with Crippen LogP contribution in [0.25, 0.3) is 0 Å². The molecular formula is C16H14N2O2S. The molecule has 0 atom stereocenters. The van der Waals surface area contributed by atoms with Gasteiger partial charge in [0.1, 0.15) is 6.61 Å². The first-order valence-electron chi connectivity index (χ1n) is 6.23. The highest BCUT2D eigenvalue weighted by Crippen LogP contribution is 2.25. The molecule has 5 heteroatoms. The number of benzene rings is 1. The Morgan fingerprint density at radius 3 is 2.95 bits per heavy atom. The van der Waals surface area contributed by atoms with Gasteiger partial charge in [-0.3, -0.25) is 9.78 Å². The number of aromatic nitrogens is 1. The third-order valence-corrected chi connectivity index (χ3v) is 3.46. The minimum Gasteiger partial charge on any atom is -0.384 e. The van der Waals surface area contributed by atoms with Gasteiger partial charge < -0.3 is 10.4 Å². The van der Waals surface area contributed by atoms with E-state index in [4.69, 9.17) is 5.11 Å². The summed E-state index contributed by atoms with van der Waals surface area (Å²) in [7, 11) is 0. The summed E-state index contributed by atoms with van der Waals surface area (Å²) in [5.74, 6) is 5.02. The van der Waals surface area contributed by atoms with E-state index in [2.05, 4.69) is 22.1 Å². The Morgan fingerprint density at radius 2 is 2.19 bits per heavy atom. The normalized spacial score (nSPS) is 9.62. The van der Waals surface area contributed by atoms with Gasteiger partial charge in [-0.25, -0.2) is 0 Å². The second-order valence-corrected chi connectivity index (χ2v) is 4.92. The molecule has 1 aromatic carbocycles. The van der Waals surface area contributed by atoms with Crippen LogP contribution in [0.1, 0.15) is 15.9 Å². The van der Waals surface area contributed by atoms with Gasteiger partial charge in [0.25, 0.3) is 5.91 Å². The quantitative estimate of drug-likeness (QED) is 0.675. The maximum atomic E-state index is 12.3. The molecule has 0 aliphatic carbocycles. The average molecular weight is 298 g/mol. The van der Waals surface area contributed by atoms with E-state index in [9.17, 15) is 4.79 Å². The number of carbonyl (C=O) groups excluding carboxylic acids is 1. The Bertz CT molecular complexity index is 705. The average Bonchev–Trinajstić information content (AvgIpc) is 2.53. The number of nitrogens with one attached hydrogen (secondary N) is 1. The Morgan fingerprint density at radius 1 is 1.38 bits per heavy atom. The van der Waals surface area contributed by atoms with Crippen molar-refractivity contribution in [1.29, 1.82) is 0 Å². The van der Waals surface area contributed by atoms with Crippen LogP contribution in [0.4, 0.5) is 5.69 Å². The van der Waals surface area contributed by atoms with Gasteiger partial charge >= 0.3 is 0 Å². The van der Waals surface area contributed by atoms with Crippen molar-refractivity contribution in [2.24, 2.45) is 0 Å². The van der Waals surface area contributed by atoms with Gasteiger partial charge in [-0.1, -0.05) is 24.0 Å². The number of anilines is 1. The molecule has 0 fully saturated rings. The summed E-state index contributed by atoms with van der Waals surface area (Å²) < 4.78 is 0. The number of aliphatic hydroxyl groups is 1. The van der Waals surface area contributed by atoms with E-state index in [0.717, 1.165) is 10.6 Å². The van der Waals surface area contributed by atoms with Crippen LogP contribution in [0.15, 0.2) is 47.6 Å². The van der Waals surface area contributed by atoms with E-state index in [0.29, 0.717) is 11.1 Å². The third-order valence-electron chi connectivity index (χ3n) is 2.67. The monoisotopic (exact) mass is 298 g/mol. The fourth-order valence-electron chi connectivity index (χ4n) is 1.72. The van der Waals surface area contributed by atoms with Crippen molar-refractivity contribution in [2.75, 3.05) is 18.2 Å². The molecule has 0 aliphatic rings. The highest BCUT2D eigenvalue weighted by atomic mass is 32.2. The van der Waals surface area contributed by atoms with E-state index in [1.54, 1.807) is 24.0 Å². The largest absolute Gasteiger partial charge is 0.384 e. The maximum absolute atomic E-state index is 12.3. The lowest BCUT2D eigenvalue weighted by Crippen LogP contribution is -2.13. The fraction of sp³-hybridized carbons (Fsp3) is 0.125. The molecule has 2 N–H and O–H groups in total. The zero-order valence-corrected chi connectivity index (χ0v) is 12.3. The van der Waals surface area contributed by atoms with Gasteiger partial charge in [-0.15, -0.1) is 11.8 Å². The Balaban J connectivity index is 2.20. The van der Waals surface area contributed by atoms with Crippen molar-refractivity contribution >= 4 is 23.4 Å². The summed E-state index contributed by atoms with van der Waals surface area (Å²) in [6.45, 7) is -0.225. The summed E-state index contributed by atoms with van der Waals surface area (Å²) in [4.78, 5) is 17.2.